The van der Waals surface area contributed by atoms with Gasteiger partial charge in [-0.15, -0.1) is 0 Å². The fraction of sp³-hybridized carbons (Fsp3) is 0.647. The van der Waals surface area contributed by atoms with Crippen molar-refractivity contribution in [2.75, 3.05) is 38.3 Å². The van der Waals surface area contributed by atoms with Gasteiger partial charge in [0.05, 0.1) is 0 Å². The van der Waals surface area contributed by atoms with Crippen LogP contribution in [0.15, 0.2) is 18.2 Å². The van der Waals surface area contributed by atoms with Gasteiger partial charge in [0, 0.05) is 39.0 Å². The summed E-state index contributed by atoms with van der Waals surface area (Å²) in [7, 11) is 2.22. The van der Waals surface area contributed by atoms with Crippen molar-refractivity contribution in [2.24, 2.45) is 5.92 Å². The van der Waals surface area contributed by atoms with E-state index in [1.165, 1.54) is 29.7 Å². The Labute approximate surface area is 123 Å². The van der Waals surface area contributed by atoms with Crippen LogP contribution in [0.2, 0.25) is 0 Å². The van der Waals surface area contributed by atoms with Crippen LogP contribution in [0, 0.1) is 12.8 Å². The monoisotopic (exact) mass is 276 g/mol. The highest BCUT2D eigenvalue weighted by molar-refractivity contribution is 5.54. The molecule has 0 unspecified atom stereocenters. The summed E-state index contributed by atoms with van der Waals surface area (Å²) < 4.78 is 5.45. The molecule has 1 aromatic rings. The van der Waals surface area contributed by atoms with Crippen LogP contribution in [-0.4, -0.2) is 33.4 Å². The van der Waals surface area contributed by atoms with E-state index in [9.17, 15) is 0 Å². The topological polar surface area (TPSA) is 24.5 Å². The molecule has 1 aliphatic rings. The van der Waals surface area contributed by atoms with E-state index in [1.807, 2.05) is 0 Å². The van der Waals surface area contributed by atoms with E-state index >= 15 is 0 Å². The lowest BCUT2D eigenvalue weighted by Crippen LogP contribution is -2.30. The second kappa shape index (κ2) is 7.65. The van der Waals surface area contributed by atoms with Crippen LogP contribution in [0.3, 0.4) is 0 Å². The number of anilines is 1. The minimum absolute atomic E-state index is 0.766. The molecule has 0 saturated carbocycles. The van der Waals surface area contributed by atoms with Gasteiger partial charge in [-0.3, -0.25) is 0 Å². The Kier molecular flexibility index (Phi) is 5.86. The van der Waals surface area contributed by atoms with Gasteiger partial charge in [-0.05, 0) is 43.9 Å². The van der Waals surface area contributed by atoms with Gasteiger partial charge in [0.25, 0.3) is 0 Å². The summed E-state index contributed by atoms with van der Waals surface area (Å²) in [6, 6.07) is 6.78. The zero-order valence-corrected chi connectivity index (χ0v) is 13.1. The summed E-state index contributed by atoms with van der Waals surface area (Å²) in [5.41, 5.74) is 4.10. The average molecular weight is 276 g/mol. The van der Waals surface area contributed by atoms with E-state index in [0.29, 0.717) is 0 Å². The number of hydrogen-bond donors (Lipinski definition) is 1. The van der Waals surface area contributed by atoms with Crippen molar-refractivity contribution in [3.63, 3.8) is 0 Å². The highest BCUT2D eigenvalue weighted by Crippen LogP contribution is 2.24. The van der Waals surface area contributed by atoms with Gasteiger partial charge in [0.15, 0.2) is 0 Å². The Morgan fingerprint density at radius 2 is 2.05 bits per heavy atom. The predicted octanol–water partition coefficient (Wildman–Crippen LogP) is 2.97. The molecule has 0 radical (unpaired) electrons. The largest absolute Gasteiger partial charge is 0.381 e. The van der Waals surface area contributed by atoms with Gasteiger partial charge in [-0.1, -0.05) is 24.6 Å². The first-order chi connectivity index (χ1) is 9.70. The van der Waals surface area contributed by atoms with Crippen molar-refractivity contribution < 1.29 is 4.74 Å². The summed E-state index contributed by atoms with van der Waals surface area (Å²) in [5.74, 6) is 0.766. The maximum atomic E-state index is 5.45. The number of nitrogens with zero attached hydrogens (tertiary/aromatic N) is 1. The Hall–Kier alpha value is -1.06. The van der Waals surface area contributed by atoms with Crippen LogP contribution in [0.5, 0.6) is 0 Å². The second-order valence-electron chi connectivity index (χ2n) is 5.85. The van der Waals surface area contributed by atoms with Crippen molar-refractivity contribution in [2.45, 2.75) is 33.2 Å². The summed E-state index contributed by atoms with van der Waals surface area (Å²) in [6.45, 7) is 9.26. The molecule has 3 nitrogen and oxygen atoms in total. The number of rotatable bonds is 6. The predicted molar refractivity (Wildman–Crippen MR) is 85.4 cm³/mol. The van der Waals surface area contributed by atoms with Crippen molar-refractivity contribution in [1.82, 2.24) is 5.32 Å². The van der Waals surface area contributed by atoms with E-state index in [2.05, 4.69) is 49.3 Å². The van der Waals surface area contributed by atoms with E-state index in [1.54, 1.807) is 0 Å². The zero-order valence-electron chi connectivity index (χ0n) is 13.1. The first-order valence-corrected chi connectivity index (χ1v) is 7.79. The molecule has 0 spiro atoms. The molecule has 0 aromatic heterocycles. The van der Waals surface area contributed by atoms with Crippen LogP contribution in [0.1, 0.15) is 30.9 Å². The van der Waals surface area contributed by atoms with Crippen molar-refractivity contribution in [3.8, 4) is 0 Å². The quantitative estimate of drug-likeness (QED) is 0.864. The van der Waals surface area contributed by atoms with Gasteiger partial charge in [0.2, 0.25) is 0 Å². The number of hydrogen-bond acceptors (Lipinski definition) is 3. The Morgan fingerprint density at radius 3 is 2.75 bits per heavy atom. The summed E-state index contributed by atoms with van der Waals surface area (Å²) >= 11 is 0. The molecule has 1 heterocycles. The van der Waals surface area contributed by atoms with Crippen LogP contribution < -0.4 is 10.2 Å². The van der Waals surface area contributed by atoms with E-state index in [0.717, 1.165) is 38.8 Å². The highest BCUT2D eigenvalue weighted by atomic mass is 16.5. The molecule has 112 valence electrons. The first kappa shape index (κ1) is 15.3. The number of nitrogens with one attached hydrogen (secondary N) is 1. The van der Waals surface area contributed by atoms with E-state index in [4.69, 9.17) is 4.74 Å². The fourth-order valence-electron chi connectivity index (χ4n) is 2.90. The van der Waals surface area contributed by atoms with Crippen molar-refractivity contribution >= 4 is 5.69 Å². The molecule has 3 heteroatoms. The van der Waals surface area contributed by atoms with Crippen LogP contribution in [-0.2, 0) is 11.3 Å². The molecule has 1 saturated heterocycles. The maximum Gasteiger partial charge on any atom is 0.0469 e. The van der Waals surface area contributed by atoms with E-state index < -0.39 is 0 Å². The number of aryl methyl sites for hydroxylation is 1. The van der Waals surface area contributed by atoms with Gasteiger partial charge in [-0.2, -0.15) is 0 Å². The van der Waals surface area contributed by atoms with Gasteiger partial charge in [0.1, 0.15) is 0 Å². The molecule has 0 bridgehead atoms. The van der Waals surface area contributed by atoms with Crippen molar-refractivity contribution in [3.05, 3.63) is 29.3 Å². The number of benzene rings is 1. The SMILES string of the molecule is CCNCc1cc(C)ccc1N(C)CC1CCOCC1. The Bertz CT molecular complexity index is 413. The molecule has 2 rings (SSSR count). The lowest BCUT2D eigenvalue weighted by atomic mass is 9.99. The Morgan fingerprint density at radius 1 is 1.30 bits per heavy atom. The summed E-state index contributed by atoms with van der Waals surface area (Å²) in [4.78, 5) is 2.42. The molecule has 0 amide bonds. The minimum atomic E-state index is 0.766. The van der Waals surface area contributed by atoms with Gasteiger partial charge in [-0.25, -0.2) is 0 Å². The molecule has 0 aliphatic carbocycles. The average Bonchev–Trinajstić information content (AvgIpc) is 2.46. The third-order valence-electron chi connectivity index (χ3n) is 4.08. The molecule has 0 atom stereocenters. The lowest BCUT2D eigenvalue weighted by Gasteiger charge is -2.30. The molecule has 1 aliphatic heterocycles. The third-order valence-corrected chi connectivity index (χ3v) is 4.08. The zero-order chi connectivity index (χ0) is 14.4. The normalized spacial score (nSPS) is 16.4. The van der Waals surface area contributed by atoms with Gasteiger partial charge >= 0.3 is 0 Å². The Balaban J connectivity index is 2.05. The molecule has 1 aromatic carbocycles. The molecular formula is C17H28N2O. The summed E-state index contributed by atoms with van der Waals surface area (Å²) in [5, 5.41) is 3.44. The second-order valence-corrected chi connectivity index (χ2v) is 5.85. The maximum absolute atomic E-state index is 5.45. The summed E-state index contributed by atoms with van der Waals surface area (Å²) in [6.07, 6.45) is 2.39. The fourth-order valence-corrected chi connectivity index (χ4v) is 2.90. The molecule has 1 N–H and O–H groups in total. The highest BCUT2D eigenvalue weighted by Gasteiger charge is 2.17. The smallest absolute Gasteiger partial charge is 0.0469 e. The van der Waals surface area contributed by atoms with Crippen molar-refractivity contribution in [1.29, 1.82) is 0 Å². The number of ether oxygens (including phenoxy) is 1. The lowest BCUT2D eigenvalue weighted by molar-refractivity contribution is 0.0685. The van der Waals surface area contributed by atoms with Crippen LogP contribution in [0.25, 0.3) is 0 Å². The van der Waals surface area contributed by atoms with E-state index in [-0.39, 0.29) is 0 Å². The molecule has 20 heavy (non-hydrogen) atoms. The van der Waals surface area contributed by atoms with Crippen LogP contribution >= 0.6 is 0 Å². The molecule has 1 fully saturated rings. The first-order valence-electron chi connectivity index (χ1n) is 7.79. The standard InChI is InChI=1S/C17H28N2O/c1-4-18-12-16-11-14(2)5-6-17(16)19(3)13-15-7-9-20-10-8-15/h5-6,11,15,18H,4,7-10,12-13H2,1-3H3. The minimum Gasteiger partial charge on any atom is -0.381 e. The third kappa shape index (κ3) is 4.22. The van der Waals surface area contributed by atoms with Gasteiger partial charge < -0.3 is 15.0 Å². The molecular weight excluding hydrogens is 248 g/mol. The van der Waals surface area contributed by atoms with Crippen LogP contribution in [0.4, 0.5) is 5.69 Å².